The Hall–Kier alpha value is -3.15. The van der Waals surface area contributed by atoms with Gasteiger partial charge in [0, 0.05) is 19.5 Å². The van der Waals surface area contributed by atoms with Crippen LogP contribution in [-0.2, 0) is 20.9 Å². The van der Waals surface area contributed by atoms with Gasteiger partial charge in [0.1, 0.15) is 11.8 Å². The number of anilines is 1. The van der Waals surface area contributed by atoms with Gasteiger partial charge in [-0.3, -0.25) is 14.4 Å². The second-order valence-corrected chi connectivity index (χ2v) is 6.35. The first-order chi connectivity index (χ1) is 13.0. The number of carbonyl (C=O) groups excluding carboxylic acids is 3. The Kier molecular flexibility index (Phi) is 5.54. The number of imide groups is 1. The minimum absolute atomic E-state index is 0.0237. The summed E-state index contributed by atoms with van der Waals surface area (Å²) < 4.78 is 5.45. The maximum atomic E-state index is 13.0. The van der Waals surface area contributed by atoms with E-state index in [9.17, 15) is 14.4 Å². The van der Waals surface area contributed by atoms with E-state index >= 15 is 0 Å². The molecular weight excluding hydrogens is 344 g/mol. The summed E-state index contributed by atoms with van der Waals surface area (Å²) in [5.41, 5.74) is 1.37. The molecule has 140 valence electrons. The van der Waals surface area contributed by atoms with E-state index < -0.39 is 6.04 Å². The van der Waals surface area contributed by atoms with Crippen molar-refractivity contribution in [2.24, 2.45) is 0 Å². The van der Waals surface area contributed by atoms with Crippen LogP contribution in [0.1, 0.15) is 25.8 Å². The van der Waals surface area contributed by atoms with Crippen LogP contribution in [0, 0.1) is 0 Å². The van der Waals surface area contributed by atoms with Gasteiger partial charge in [-0.2, -0.15) is 0 Å². The Bertz CT molecular complexity index is 850. The summed E-state index contributed by atoms with van der Waals surface area (Å²) in [5.74, 6) is -0.362. The van der Waals surface area contributed by atoms with E-state index in [1.165, 1.54) is 11.8 Å². The van der Waals surface area contributed by atoms with E-state index in [1.54, 1.807) is 24.3 Å². The van der Waals surface area contributed by atoms with Gasteiger partial charge in [-0.25, -0.2) is 4.90 Å². The summed E-state index contributed by atoms with van der Waals surface area (Å²) >= 11 is 0. The number of ether oxygens (including phenoxy) is 1. The Balaban J connectivity index is 1.85. The number of carbonyl (C=O) groups is 3. The summed E-state index contributed by atoms with van der Waals surface area (Å²) in [6.45, 7) is 4.05. The molecule has 1 heterocycles. The van der Waals surface area contributed by atoms with Crippen LogP contribution >= 0.6 is 0 Å². The van der Waals surface area contributed by atoms with E-state index in [0.29, 0.717) is 18.0 Å². The predicted octanol–water partition coefficient (Wildman–Crippen LogP) is 2.77. The zero-order valence-electron chi connectivity index (χ0n) is 15.4. The summed E-state index contributed by atoms with van der Waals surface area (Å²) in [4.78, 5) is 40.4. The molecule has 3 amide bonds. The lowest BCUT2D eigenvalue weighted by atomic mass is 10.1. The van der Waals surface area contributed by atoms with Crippen molar-refractivity contribution in [2.45, 2.75) is 32.9 Å². The Morgan fingerprint density at radius 2 is 1.89 bits per heavy atom. The molecule has 27 heavy (non-hydrogen) atoms. The highest BCUT2D eigenvalue weighted by Gasteiger charge is 2.43. The van der Waals surface area contributed by atoms with Crippen molar-refractivity contribution in [3.8, 4) is 5.75 Å². The molecule has 6 nitrogen and oxygen atoms in total. The number of rotatable bonds is 6. The molecule has 0 aliphatic carbocycles. The topological polar surface area (TPSA) is 66.9 Å². The first-order valence-corrected chi connectivity index (χ1v) is 8.92. The van der Waals surface area contributed by atoms with Gasteiger partial charge in [-0.05, 0) is 24.6 Å². The molecule has 0 spiro atoms. The van der Waals surface area contributed by atoms with E-state index in [2.05, 4.69) is 0 Å². The number of hydrogen-bond acceptors (Lipinski definition) is 4. The molecule has 1 aliphatic heterocycles. The van der Waals surface area contributed by atoms with Crippen molar-refractivity contribution >= 4 is 23.4 Å². The van der Waals surface area contributed by atoms with Crippen LogP contribution in [0.5, 0.6) is 5.75 Å². The molecule has 1 saturated heterocycles. The van der Waals surface area contributed by atoms with E-state index in [-0.39, 0.29) is 30.7 Å². The normalized spacial score (nSPS) is 16.5. The van der Waals surface area contributed by atoms with Crippen molar-refractivity contribution < 1.29 is 19.1 Å². The van der Waals surface area contributed by atoms with Crippen molar-refractivity contribution in [1.29, 1.82) is 0 Å². The zero-order chi connectivity index (χ0) is 19.4. The van der Waals surface area contributed by atoms with Crippen LogP contribution in [-0.4, -0.2) is 35.3 Å². The highest BCUT2D eigenvalue weighted by molar-refractivity contribution is 6.23. The van der Waals surface area contributed by atoms with Crippen LogP contribution < -0.4 is 9.64 Å². The van der Waals surface area contributed by atoms with Gasteiger partial charge in [0.25, 0.3) is 5.91 Å². The molecule has 0 aromatic heterocycles. The molecule has 0 bridgehead atoms. The predicted molar refractivity (Wildman–Crippen MR) is 101 cm³/mol. The Morgan fingerprint density at radius 1 is 1.15 bits per heavy atom. The summed E-state index contributed by atoms with van der Waals surface area (Å²) in [7, 11) is 0. The van der Waals surface area contributed by atoms with Gasteiger partial charge >= 0.3 is 0 Å². The smallest absolute Gasteiger partial charge is 0.257 e. The third kappa shape index (κ3) is 4.00. The average molecular weight is 366 g/mol. The second-order valence-electron chi connectivity index (χ2n) is 6.35. The van der Waals surface area contributed by atoms with Gasteiger partial charge in [0.05, 0.1) is 18.7 Å². The third-order valence-corrected chi connectivity index (χ3v) is 4.49. The summed E-state index contributed by atoms with van der Waals surface area (Å²) in [5, 5.41) is 0. The van der Waals surface area contributed by atoms with Gasteiger partial charge in [-0.15, -0.1) is 0 Å². The fourth-order valence-electron chi connectivity index (χ4n) is 3.23. The first-order valence-electron chi connectivity index (χ1n) is 8.92. The molecule has 0 unspecified atom stereocenters. The van der Waals surface area contributed by atoms with Crippen LogP contribution in [0.25, 0.3) is 0 Å². The SMILES string of the molecule is CCOc1cccc(N2C(=O)C[C@H](N(Cc3ccccc3)C(C)=O)C2=O)c1. The van der Waals surface area contributed by atoms with Crippen molar-refractivity contribution in [3.05, 3.63) is 60.2 Å². The molecule has 0 radical (unpaired) electrons. The quantitative estimate of drug-likeness (QED) is 0.738. The highest BCUT2D eigenvalue weighted by atomic mass is 16.5. The molecule has 3 rings (SSSR count). The molecule has 2 aromatic carbocycles. The second kappa shape index (κ2) is 8.03. The van der Waals surface area contributed by atoms with E-state index in [1.807, 2.05) is 37.3 Å². The number of hydrogen-bond donors (Lipinski definition) is 0. The van der Waals surface area contributed by atoms with Crippen molar-refractivity contribution in [2.75, 3.05) is 11.5 Å². The molecular formula is C21H22N2O4. The van der Waals surface area contributed by atoms with Gasteiger partial charge in [0.2, 0.25) is 11.8 Å². The maximum Gasteiger partial charge on any atom is 0.257 e. The fourth-order valence-corrected chi connectivity index (χ4v) is 3.23. The Morgan fingerprint density at radius 3 is 2.56 bits per heavy atom. The fraction of sp³-hybridized carbons (Fsp3) is 0.286. The van der Waals surface area contributed by atoms with E-state index in [0.717, 1.165) is 10.5 Å². The summed E-state index contributed by atoms with van der Waals surface area (Å²) in [6.07, 6.45) is -0.0237. The molecule has 1 fully saturated rings. The standard InChI is InChI=1S/C21H22N2O4/c1-3-27-18-11-7-10-17(12-18)23-20(25)13-19(21(23)26)22(15(2)24)14-16-8-5-4-6-9-16/h4-12,19H,3,13-14H2,1-2H3/t19-/m0/s1. The monoisotopic (exact) mass is 366 g/mol. The van der Waals surface area contributed by atoms with Crippen LogP contribution in [0.15, 0.2) is 54.6 Å². The van der Waals surface area contributed by atoms with Gasteiger partial charge in [0.15, 0.2) is 0 Å². The van der Waals surface area contributed by atoms with Crippen molar-refractivity contribution in [1.82, 2.24) is 4.90 Å². The minimum atomic E-state index is -0.800. The molecule has 1 aliphatic rings. The first kappa shape index (κ1) is 18.6. The van der Waals surface area contributed by atoms with Crippen LogP contribution in [0.2, 0.25) is 0 Å². The third-order valence-electron chi connectivity index (χ3n) is 4.49. The number of nitrogens with zero attached hydrogens (tertiary/aromatic N) is 2. The lowest BCUT2D eigenvalue weighted by molar-refractivity contribution is -0.137. The molecule has 0 N–H and O–H groups in total. The number of benzene rings is 2. The van der Waals surface area contributed by atoms with Crippen molar-refractivity contribution in [3.63, 3.8) is 0 Å². The largest absolute Gasteiger partial charge is 0.494 e. The highest BCUT2D eigenvalue weighted by Crippen LogP contribution is 2.29. The molecule has 2 aromatic rings. The summed E-state index contributed by atoms with van der Waals surface area (Å²) in [6, 6.07) is 15.5. The lowest BCUT2D eigenvalue weighted by Crippen LogP contribution is -2.44. The average Bonchev–Trinajstić information content (AvgIpc) is 2.95. The van der Waals surface area contributed by atoms with E-state index in [4.69, 9.17) is 4.74 Å². The molecule has 0 saturated carbocycles. The number of amides is 3. The van der Waals surface area contributed by atoms with Gasteiger partial charge in [-0.1, -0.05) is 36.4 Å². The van der Waals surface area contributed by atoms with Gasteiger partial charge < -0.3 is 9.64 Å². The Labute approximate surface area is 158 Å². The van der Waals surface area contributed by atoms with Crippen LogP contribution in [0.3, 0.4) is 0 Å². The molecule has 1 atom stereocenters. The zero-order valence-corrected chi connectivity index (χ0v) is 15.4. The molecule has 6 heteroatoms. The lowest BCUT2D eigenvalue weighted by Gasteiger charge is -2.26. The maximum absolute atomic E-state index is 13.0. The van der Waals surface area contributed by atoms with Crippen LogP contribution in [0.4, 0.5) is 5.69 Å². The minimum Gasteiger partial charge on any atom is -0.494 e.